The standard InChI is InChI=1S/C16H19BrN2/c1-10(2)12-5-7-13(8-6-12)14-9-15(17)19-16(18-14)11(3)4/h5-11H,1-4H3. The Hall–Kier alpha value is -1.22. The number of hydrogen-bond acceptors (Lipinski definition) is 2. The first-order valence-electron chi connectivity index (χ1n) is 6.62. The number of nitrogens with zero attached hydrogens (tertiary/aromatic N) is 2. The molecule has 3 heteroatoms. The fourth-order valence-electron chi connectivity index (χ4n) is 1.88. The maximum Gasteiger partial charge on any atom is 0.132 e. The SMILES string of the molecule is CC(C)c1ccc(-c2cc(Br)nc(C(C)C)n2)cc1. The van der Waals surface area contributed by atoms with Crippen LogP contribution in [0.15, 0.2) is 34.9 Å². The summed E-state index contributed by atoms with van der Waals surface area (Å²) in [5.74, 6) is 1.75. The Labute approximate surface area is 123 Å². The van der Waals surface area contributed by atoms with Crippen LogP contribution >= 0.6 is 15.9 Å². The maximum atomic E-state index is 4.64. The number of aromatic nitrogens is 2. The molecule has 0 N–H and O–H groups in total. The third kappa shape index (κ3) is 3.41. The van der Waals surface area contributed by atoms with Gasteiger partial charge in [0.05, 0.1) is 5.69 Å². The normalized spacial score (nSPS) is 11.3. The summed E-state index contributed by atoms with van der Waals surface area (Å²) in [5.41, 5.74) is 3.45. The maximum absolute atomic E-state index is 4.64. The summed E-state index contributed by atoms with van der Waals surface area (Å²) in [6.45, 7) is 8.61. The first-order valence-corrected chi connectivity index (χ1v) is 7.41. The van der Waals surface area contributed by atoms with Crippen LogP contribution in [0, 0.1) is 0 Å². The van der Waals surface area contributed by atoms with Crippen LogP contribution in [0.2, 0.25) is 0 Å². The molecule has 0 aliphatic heterocycles. The van der Waals surface area contributed by atoms with Crippen molar-refractivity contribution < 1.29 is 0 Å². The molecule has 0 aliphatic rings. The van der Waals surface area contributed by atoms with Gasteiger partial charge in [0.15, 0.2) is 0 Å². The number of benzene rings is 1. The second kappa shape index (κ2) is 5.83. The lowest BCUT2D eigenvalue weighted by atomic mass is 10.0. The van der Waals surface area contributed by atoms with E-state index in [4.69, 9.17) is 0 Å². The van der Waals surface area contributed by atoms with Crippen molar-refractivity contribution in [1.29, 1.82) is 0 Å². The highest BCUT2D eigenvalue weighted by atomic mass is 79.9. The van der Waals surface area contributed by atoms with Gasteiger partial charge in [-0.15, -0.1) is 0 Å². The molecule has 0 saturated heterocycles. The molecule has 1 aromatic heterocycles. The molecule has 0 fully saturated rings. The van der Waals surface area contributed by atoms with Crippen molar-refractivity contribution in [1.82, 2.24) is 9.97 Å². The van der Waals surface area contributed by atoms with Gasteiger partial charge in [-0.1, -0.05) is 52.0 Å². The van der Waals surface area contributed by atoms with Crippen molar-refractivity contribution in [3.05, 3.63) is 46.3 Å². The molecule has 2 rings (SSSR count). The Bertz CT molecular complexity index is 559. The van der Waals surface area contributed by atoms with Crippen LogP contribution < -0.4 is 0 Å². The van der Waals surface area contributed by atoms with Gasteiger partial charge in [-0.05, 0) is 33.5 Å². The van der Waals surface area contributed by atoms with E-state index in [-0.39, 0.29) is 0 Å². The van der Waals surface area contributed by atoms with Gasteiger partial charge in [-0.3, -0.25) is 0 Å². The molecule has 1 aromatic carbocycles. The molecule has 19 heavy (non-hydrogen) atoms. The first kappa shape index (κ1) is 14.2. The van der Waals surface area contributed by atoms with Crippen LogP contribution in [0.1, 0.15) is 50.9 Å². The van der Waals surface area contributed by atoms with Crippen molar-refractivity contribution in [2.45, 2.75) is 39.5 Å². The van der Waals surface area contributed by atoms with Crippen LogP contribution in [-0.2, 0) is 0 Å². The van der Waals surface area contributed by atoms with E-state index in [9.17, 15) is 0 Å². The van der Waals surface area contributed by atoms with Gasteiger partial charge in [0.1, 0.15) is 10.4 Å². The van der Waals surface area contributed by atoms with E-state index in [0.29, 0.717) is 11.8 Å². The average molecular weight is 319 g/mol. The zero-order chi connectivity index (χ0) is 14.0. The third-order valence-electron chi connectivity index (χ3n) is 3.10. The van der Waals surface area contributed by atoms with Gasteiger partial charge in [0.25, 0.3) is 0 Å². The molecule has 2 nitrogen and oxygen atoms in total. The highest BCUT2D eigenvalue weighted by Crippen LogP contribution is 2.24. The van der Waals surface area contributed by atoms with E-state index in [1.54, 1.807) is 0 Å². The molecular weight excluding hydrogens is 300 g/mol. The van der Waals surface area contributed by atoms with Gasteiger partial charge in [0.2, 0.25) is 0 Å². The molecule has 0 radical (unpaired) electrons. The quantitative estimate of drug-likeness (QED) is 0.731. The molecule has 0 aliphatic carbocycles. The summed E-state index contributed by atoms with van der Waals surface area (Å²) in [4.78, 5) is 9.05. The molecule has 100 valence electrons. The van der Waals surface area contributed by atoms with Gasteiger partial charge in [0, 0.05) is 11.5 Å². The van der Waals surface area contributed by atoms with Crippen molar-refractivity contribution >= 4 is 15.9 Å². The molecule has 0 atom stereocenters. The summed E-state index contributed by atoms with van der Waals surface area (Å²) < 4.78 is 0.842. The number of halogens is 1. The van der Waals surface area contributed by atoms with Crippen molar-refractivity contribution in [3.8, 4) is 11.3 Å². The lowest BCUT2D eigenvalue weighted by molar-refractivity contribution is 0.771. The topological polar surface area (TPSA) is 25.8 Å². The second-order valence-corrected chi connectivity index (χ2v) is 6.18. The van der Waals surface area contributed by atoms with E-state index in [0.717, 1.165) is 21.7 Å². The minimum absolute atomic E-state index is 0.325. The van der Waals surface area contributed by atoms with Crippen molar-refractivity contribution in [2.75, 3.05) is 0 Å². The Morgan fingerprint density at radius 2 is 1.53 bits per heavy atom. The largest absolute Gasteiger partial charge is 0.233 e. The highest BCUT2D eigenvalue weighted by Gasteiger charge is 2.08. The lowest BCUT2D eigenvalue weighted by Crippen LogP contribution is -1.99. The molecule has 0 amide bonds. The predicted molar refractivity (Wildman–Crippen MR) is 83.3 cm³/mol. The van der Waals surface area contributed by atoms with Crippen LogP contribution in [0.25, 0.3) is 11.3 Å². The minimum atomic E-state index is 0.325. The summed E-state index contributed by atoms with van der Waals surface area (Å²) in [7, 11) is 0. The molecule has 0 spiro atoms. The molecule has 0 unspecified atom stereocenters. The fourth-order valence-corrected chi connectivity index (χ4v) is 2.28. The number of hydrogen-bond donors (Lipinski definition) is 0. The smallest absolute Gasteiger partial charge is 0.132 e. The van der Waals surface area contributed by atoms with E-state index in [1.807, 2.05) is 6.07 Å². The molecule has 1 heterocycles. The Balaban J connectivity index is 2.41. The monoisotopic (exact) mass is 318 g/mol. The second-order valence-electron chi connectivity index (χ2n) is 5.37. The summed E-state index contributed by atoms with van der Waals surface area (Å²) in [6.07, 6.45) is 0. The predicted octanol–water partition coefficient (Wildman–Crippen LogP) is 5.15. The Morgan fingerprint density at radius 1 is 0.895 bits per heavy atom. The lowest BCUT2D eigenvalue weighted by Gasteiger charge is -2.09. The van der Waals surface area contributed by atoms with Crippen LogP contribution in [-0.4, -0.2) is 9.97 Å². The van der Waals surface area contributed by atoms with Crippen LogP contribution in [0.3, 0.4) is 0 Å². The molecule has 0 bridgehead atoms. The highest BCUT2D eigenvalue weighted by molar-refractivity contribution is 9.10. The van der Waals surface area contributed by atoms with Gasteiger partial charge >= 0.3 is 0 Å². The number of rotatable bonds is 3. The minimum Gasteiger partial charge on any atom is -0.233 e. The summed E-state index contributed by atoms with van der Waals surface area (Å²) >= 11 is 3.47. The van der Waals surface area contributed by atoms with Gasteiger partial charge < -0.3 is 0 Å². The Kier molecular flexibility index (Phi) is 4.35. The van der Waals surface area contributed by atoms with Gasteiger partial charge in [-0.25, -0.2) is 9.97 Å². The summed E-state index contributed by atoms with van der Waals surface area (Å²) in [6, 6.07) is 10.6. The molecular formula is C16H19BrN2. The third-order valence-corrected chi connectivity index (χ3v) is 3.51. The molecule has 0 saturated carbocycles. The van der Waals surface area contributed by atoms with E-state index >= 15 is 0 Å². The average Bonchev–Trinajstić information content (AvgIpc) is 2.38. The van der Waals surface area contributed by atoms with Crippen molar-refractivity contribution in [2.24, 2.45) is 0 Å². The van der Waals surface area contributed by atoms with Gasteiger partial charge in [-0.2, -0.15) is 0 Å². The molecule has 2 aromatic rings. The summed E-state index contributed by atoms with van der Waals surface area (Å²) in [5, 5.41) is 0. The van der Waals surface area contributed by atoms with Crippen LogP contribution in [0.4, 0.5) is 0 Å². The van der Waals surface area contributed by atoms with E-state index < -0.39 is 0 Å². The van der Waals surface area contributed by atoms with E-state index in [1.165, 1.54) is 5.56 Å². The van der Waals surface area contributed by atoms with Crippen LogP contribution in [0.5, 0.6) is 0 Å². The fraction of sp³-hybridized carbons (Fsp3) is 0.375. The van der Waals surface area contributed by atoms with E-state index in [2.05, 4.69) is 77.9 Å². The van der Waals surface area contributed by atoms with Crippen molar-refractivity contribution in [3.63, 3.8) is 0 Å². The Morgan fingerprint density at radius 3 is 2.05 bits per heavy atom. The zero-order valence-corrected chi connectivity index (χ0v) is 13.4. The first-order chi connectivity index (χ1) is 8.97. The zero-order valence-electron chi connectivity index (χ0n) is 11.8.